The van der Waals surface area contributed by atoms with Crippen molar-refractivity contribution in [2.45, 2.75) is 10.9 Å². The number of methoxy groups -OCH3 is 5. The Hall–Kier alpha value is -3.64. The molecule has 0 unspecified atom stereocenters. The van der Waals surface area contributed by atoms with Crippen LogP contribution in [0.3, 0.4) is 0 Å². The molecule has 0 amide bonds. The van der Waals surface area contributed by atoms with Gasteiger partial charge in [-0.1, -0.05) is 23.1 Å². The minimum Gasteiger partial charge on any atom is -0.496 e. The van der Waals surface area contributed by atoms with Crippen LogP contribution in [0.5, 0.6) is 34.5 Å². The van der Waals surface area contributed by atoms with E-state index in [9.17, 15) is 4.79 Å². The molecule has 10 nitrogen and oxygen atoms in total. The molecule has 2 aromatic carbocycles. The summed E-state index contributed by atoms with van der Waals surface area (Å²) in [6, 6.07) is 6.57. The van der Waals surface area contributed by atoms with E-state index in [0.717, 1.165) is 4.34 Å². The molecule has 0 aliphatic carbocycles. The van der Waals surface area contributed by atoms with Crippen molar-refractivity contribution in [3.8, 4) is 45.8 Å². The molecular formula is C24H24N2O8S2. The normalized spacial score (nSPS) is 10.8. The molecule has 0 aliphatic heterocycles. The Morgan fingerprint density at radius 1 is 0.861 bits per heavy atom. The van der Waals surface area contributed by atoms with E-state index in [1.807, 2.05) is 6.26 Å². The highest BCUT2D eigenvalue weighted by Crippen LogP contribution is 2.44. The molecule has 0 spiro atoms. The van der Waals surface area contributed by atoms with Crippen molar-refractivity contribution >= 4 is 34.1 Å². The second-order valence-electron chi connectivity index (χ2n) is 7.16. The molecule has 0 saturated heterocycles. The number of nitrogens with zero attached hydrogens (tertiary/aromatic N) is 2. The highest BCUT2D eigenvalue weighted by Gasteiger charge is 2.24. The van der Waals surface area contributed by atoms with Crippen molar-refractivity contribution in [3.05, 3.63) is 39.5 Å². The fourth-order valence-corrected chi connectivity index (χ4v) is 4.80. The molecule has 2 aromatic heterocycles. The summed E-state index contributed by atoms with van der Waals surface area (Å²) in [7, 11) is 7.50. The largest absolute Gasteiger partial charge is 0.496 e. The Morgan fingerprint density at radius 2 is 1.56 bits per heavy atom. The molecule has 12 heteroatoms. The third-order valence-electron chi connectivity index (χ3n) is 5.24. The topological polar surface area (TPSA) is 111 Å². The molecule has 0 atom stereocenters. The van der Waals surface area contributed by atoms with Crippen molar-refractivity contribution in [2.75, 3.05) is 41.8 Å². The van der Waals surface area contributed by atoms with Gasteiger partial charge in [0.25, 0.3) is 0 Å². The third kappa shape index (κ3) is 4.73. The average molecular weight is 533 g/mol. The van der Waals surface area contributed by atoms with Gasteiger partial charge in [0.15, 0.2) is 26.6 Å². The second kappa shape index (κ2) is 11.0. The third-order valence-corrected chi connectivity index (χ3v) is 7.11. The first-order valence-corrected chi connectivity index (χ1v) is 12.5. The van der Waals surface area contributed by atoms with E-state index >= 15 is 0 Å². The fraction of sp³-hybridized carbons (Fsp3) is 0.292. The molecule has 190 valence electrons. The van der Waals surface area contributed by atoms with E-state index in [4.69, 9.17) is 32.8 Å². The summed E-state index contributed by atoms with van der Waals surface area (Å²) in [5, 5.41) is 9.02. The maximum absolute atomic E-state index is 13.8. The lowest BCUT2D eigenvalue weighted by atomic mass is 10.1. The highest BCUT2D eigenvalue weighted by atomic mass is 32.2. The van der Waals surface area contributed by atoms with Crippen LogP contribution in [0, 0.1) is 0 Å². The van der Waals surface area contributed by atoms with Gasteiger partial charge in [-0.05, 0) is 18.4 Å². The molecule has 0 aliphatic rings. The number of fused-ring (bicyclic) bond motifs is 1. The Balaban J connectivity index is 1.97. The lowest BCUT2D eigenvalue weighted by Crippen LogP contribution is -2.11. The van der Waals surface area contributed by atoms with E-state index in [2.05, 4.69) is 10.2 Å². The molecule has 0 radical (unpaired) electrons. The number of rotatable bonds is 10. The van der Waals surface area contributed by atoms with Crippen LogP contribution in [-0.2, 0) is 6.61 Å². The number of hydrogen-bond acceptors (Lipinski definition) is 12. The minimum atomic E-state index is -0.422. The van der Waals surface area contributed by atoms with Crippen LogP contribution in [0.2, 0.25) is 0 Å². The predicted octanol–water partition coefficient (Wildman–Crippen LogP) is 4.66. The Labute approximate surface area is 215 Å². The zero-order chi connectivity index (χ0) is 25.8. The van der Waals surface area contributed by atoms with E-state index < -0.39 is 5.43 Å². The van der Waals surface area contributed by atoms with Gasteiger partial charge in [0.2, 0.25) is 16.9 Å². The van der Waals surface area contributed by atoms with Crippen LogP contribution in [-0.4, -0.2) is 52.0 Å². The smallest absolute Gasteiger partial charge is 0.239 e. The lowest BCUT2D eigenvalue weighted by molar-refractivity contribution is 0.295. The molecule has 36 heavy (non-hydrogen) atoms. The zero-order valence-corrected chi connectivity index (χ0v) is 22.1. The molecular weight excluding hydrogens is 508 g/mol. The lowest BCUT2D eigenvalue weighted by Gasteiger charge is -2.16. The van der Waals surface area contributed by atoms with E-state index in [1.54, 1.807) is 24.3 Å². The summed E-state index contributed by atoms with van der Waals surface area (Å²) < 4.78 is 40.3. The van der Waals surface area contributed by atoms with Crippen LogP contribution in [0.25, 0.3) is 22.3 Å². The predicted molar refractivity (Wildman–Crippen MR) is 137 cm³/mol. The number of thioether (sulfide) groups is 1. The van der Waals surface area contributed by atoms with Crippen molar-refractivity contribution in [2.24, 2.45) is 0 Å². The molecule has 0 fully saturated rings. The van der Waals surface area contributed by atoms with Crippen molar-refractivity contribution < 1.29 is 32.8 Å². The van der Waals surface area contributed by atoms with Crippen LogP contribution in [0.4, 0.5) is 0 Å². The van der Waals surface area contributed by atoms with Gasteiger partial charge in [0.1, 0.15) is 29.1 Å². The number of benzene rings is 2. The first-order valence-electron chi connectivity index (χ1n) is 10.5. The summed E-state index contributed by atoms with van der Waals surface area (Å²) in [6.07, 6.45) is 1.91. The van der Waals surface area contributed by atoms with Gasteiger partial charge >= 0.3 is 0 Å². The standard InChI is InChI=1S/C24H24N2O8S2/c1-28-13-9-14(29-2)19-15(10-13)34-21(12-7-16(30-3)22(32-5)17(8-12)31-4)23(20(19)27)33-11-18-25-26-24(35-6)36-18/h7-10H,11H2,1-6H3. The fourth-order valence-electron chi connectivity index (χ4n) is 3.57. The van der Waals surface area contributed by atoms with Crippen LogP contribution in [0.15, 0.2) is 37.8 Å². The second-order valence-corrected chi connectivity index (χ2v) is 9.28. The average Bonchev–Trinajstić information content (AvgIpc) is 3.38. The molecule has 0 bridgehead atoms. The monoisotopic (exact) mass is 532 g/mol. The molecule has 2 heterocycles. The van der Waals surface area contributed by atoms with Gasteiger partial charge in [-0.3, -0.25) is 4.79 Å². The quantitative estimate of drug-likeness (QED) is 0.266. The van der Waals surface area contributed by atoms with Crippen molar-refractivity contribution in [1.82, 2.24) is 10.2 Å². The first kappa shape index (κ1) is 25.5. The molecule has 0 saturated carbocycles. The first-order chi connectivity index (χ1) is 17.5. The summed E-state index contributed by atoms with van der Waals surface area (Å²) in [5.74, 6) is 2.06. The van der Waals surface area contributed by atoms with Gasteiger partial charge < -0.3 is 32.8 Å². The van der Waals surface area contributed by atoms with Crippen LogP contribution < -0.4 is 33.8 Å². The Kier molecular flexibility index (Phi) is 7.75. The SMILES string of the molecule is COc1cc(OC)c2c(=O)c(OCc3nnc(SC)s3)c(-c3cc(OC)c(OC)c(OC)c3)oc2c1. The minimum absolute atomic E-state index is 0.0182. The maximum atomic E-state index is 13.8. The van der Waals surface area contributed by atoms with Gasteiger partial charge in [-0.15, -0.1) is 10.2 Å². The Bertz CT molecular complexity index is 1430. The summed E-state index contributed by atoms with van der Waals surface area (Å²) in [6.45, 7) is 0.0182. The zero-order valence-electron chi connectivity index (χ0n) is 20.5. The van der Waals surface area contributed by atoms with Gasteiger partial charge in [-0.2, -0.15) is 0 Å². The van der Waals surface area contributed by atoms with Crippen LogP contribution >= 0.6 is 23.1 Å². The van der Waals surface area contributed by atoms with Crippen LogP contribution in [0.1, 0.15) is 5.01 Å². The van der Waals surface area contributed by atoms with Crippen molar-refractivity contribution in [1.29, 1.82) is 0 Å². The summed E-state index contributed by atoms with van der Waals surface area (Å²) >= 11 is 2.86. The maximum Gasteiger partial charge on any atom is 0.239 e. The van der Waals surface area contributed by atoms with Gasteiger partial charge in [0.05, 0.1) is 35.5 Å². The number of aromatic nitrogens is 2. The number of hydrogen-bond donors (Lipinski definition) is 0. The Morgan fingerprint density at radius 3 is 2.11 bits per heavy atom. The van der Waals surface area contributed by atoms with Gasteiger partial charge in [0, 0.05) is 17.7 Å². The molecule has 4 rings (SSSR count). The highest BCUT2D eigenvalue weighted by molar-refractivity contribution is 8.00. The van der Waals surface area contributed by atoms with Gasteiger partial charge in [-0.25, -0.2) is 0 Å². The number of ether oxygens (including phenoxy) is 6. The van der Waals surface area contributed by atoms with E-state index in [1.165, 1.54) is 58.6 Å². The molecule has 4 aromatic rings. The summed E-state index contributed by atoms with van der Waals surface area (Å²) in [4.78, 5) is 13.8. The van der Waals surface area contributed by atoms with E-state index in [-0.39, 0.29) is 29.1 Å². The molecule has 0 N–H and O–H groups in total. The van der Waals surface area contributed by atoms with Crippen molar-refractivity contribution in [3.63, 3.8) is 0 Å². The summed E-state index contributed by atoms with van der Waals surface area (Å²) in [5.41, 5.74) is 0.310. The van der Waals surface area contributed by atoms with E-state index in [0.29, 0.717) is 39.3 Å².